The Bertz CT molecular complexity index is 585. The van der Waals surface area contributed by atoms with Gasteiger partial charge >= 0.3 is 7.32 Å². The summed E-state index contributed by atoms with van der Waals surface area (Å²) in [5.74, 6) is -0.0592. The predicted octanol–water partition coefficient (Wildman–Crippen LogP) is 1.66. The van der Waals surface area contributed by atoms with Crippen LogP contribution >= 0.6 is 11.3 Å². The Labute approximate surface area is 114 Å². The number of rotatable bonds is 4. The Morgan fingerprint density at radius 3 is 2.68 bits per heavy atom. The van der Waals surface area contributed by atoms with Gasteiger partial charge in [-0.15, -0.1) is 11.3 Å². The zero-order valence-corrected chi connectivity index (χ0v) is 11.0. The number of hydrogen-bond acceptors (Lipinski definition) is 5. The highest BCUT2D eigenvalue weighted by atomic mass is 32.1. The number of para-hydroxylation sites is 2. The molecule has 19 heavy (non-hydrogen) atoms. The molecular weight excluding hydrogens is 265 g/mol. The van der Waals surface area contributed by atoms with Crippen LogP contribution in [0, 0.1) is 6.92 Å². The lowest BCUT2D eigenvalue weighted by molar-refractivity contribution is 0.102. The fourth-order valence-electron chi connectivity index (χ4n) is 1.57. The summed E-state index contributed by atoms with van der Waals surface area (Å²) in [4.78, 5) is 12.7. The molecule has 1 aromatic heterocycles. The molecule has 0 fully saturated rings. The van der Waals surface area contributed by atoms with E-state index in [0.29, 0.717) is 10.6 Å². The zero-order valence-electron chi connectivity index (χ0n) is 10.2. The highest BCUT2D eigenvalue weighted by Crippen LogP contribution is 2.25. The van der Waals surface area contributed by atoms with Gasteiger partial charge in [-0.3, -0.25) is 4.79 Å². The number of benzene rings is 1. The summed E-state index contributed by atoms with van der Waals surface area (Å²) in [6.07, 6.45) is 0. The molecule has 98 valence electrons. The Morgan fingerprint density at radius 2 is 2.05 bits per heavy atom. The summed E-state index contributed by atoms with van der Waals surface area (Å²) in [5.41, 5.74) is 1.27. The first-order valence-electron chi connectivity index (χ1n) is 5.55. The highest BCUT2D eigenvalue weighted by molar-refractivity contribution is 7.12. The van der Waals surface area contributed by atoms with Crippen molar-refractivity contribution in [3.05, 3.63) is 46.2 Å². The second-order valence-electron chi connectivity index (χ2n) is 3.83. The maximum absolute atomic E-state index is 12.1. The van der Waals surface area contributed by atoms with Crippen LogP contribution in [0.25, 0.3) is 0 Å². The average Bonchev–Trinajstić information content (AvgIpc) is 2.77. The molecular formula is C12H12BNO4S. The molecule has 3 N–H and O–H groups in total. The maximum Gasteiger partial charge on any atom is 0.707 e. The third-order valence-corrected chi connectivity index (χ3v) is 3.45. The normalized spacial score (nSPS) is 10.1. The Morgan fingerprint density at radius 1 is 1.32 bits per heavy atom. The molecule has 1 aromatic carbocycles. The molecule has 1 amide bonds. The molecule has 0 saturated carbocycles. The van der Waals surface area contributed by atoms with Gasteiger partial charge in [0.2, 0.25) is 0 Å². The van der Waals surface area contributed by atoms with E-state index in [1.54, 1.807) is 18.2 Å². The van der Waals surface area contributed by atoms with Gasteiger partial charge in [0.1, 0.15) is 5.75 Å². The van der Waals surface area contributed by atoms with E-state index in [1.165, 1.54) is 17.4 Å². The number of carbonyl (C=O) groups excluding carboxylic acids is 1. The lowest BCUT2D eigenvalue weighted by Crippen LogP contribution is -2.22. The molecule has 0 unspecified atom stereocenters. The van der Waals surface area contributed by atoms with Crippen LogP contribution in [0.3, 0.4) is 0 Å². The molecule has 0 aliphatic carbocycles. The van der Waals surface area contributed by atoms with E-state index in [2.05, 4.69) is 5.32 Å². The van der Waals surface area contributed by atoms with Crippen molar-refractivity contribution in [2.24, 2.45) is 0 Å². The van der Waals surface area contributed by atoms with Gasteiger partial charge in [0, 0.05) is 0 Å². The molecule has 2 rings (SSSR count). The minimum Gasteiger partial charge on any atom is -0.510 e. The summed E-state index contributed by atoms with van der Waals surface area (Å²) in [6, 6.07) is 8.41. The molecule has 0 bridgehead atoms. The van der Waals surface area contributed by atoms with E-state index in [4.69, 9.17) is 14.7 Å². The van der Waals surface area contributed by atoms with Crippen LogP contribution in [0.4, 0.5) is 5.69 Å². The maximum atomic E-state index is 12.1. The van der Waals surface area contributed by atoms with Crippen LogP contribution < -0.4 is 9.97 Å². The molecule has 1 heterocycles. The topological polar surface area (TPSA) is 78.8 Å². The van der Waals surface area contributed by atoms with E-state index in [-0.39, 0.29) is 11.7 Å². The number of carbonyl (C=O) groups is 1. The van der Waals surface area contributed by atoms with Gasteiger partial charge in [0.25, 0.3) is 5.91 Å². The van der Waals surface area contributed by atoms with Crippen molar-refractivity contribution in [3.63, 3.8) is 0 Å². The monoisotopic (exact) mass is 277 g/mol. The van der Waals surface area contributed by atoms with Crippen LogP contribution in [0.1, 0.15) is 15.2 Å². The van der Waals surface area contributed by atoms with Gasteiger partial charge in [-0.1, -0.05) is 12.1 Å². The molecule has 7 heteroatoms. The third-order valence-electron chi connectivity index (χ3n) is 2.44. The lowest BCUT2D eigenvalue weighted by Gasteiger charge is -2.11. The molecule has 0 aliphatic rings. The largest absolute Gasteiger partial charge is 0.707 e. The van der Waals surface area contributed by atoms with Crippen molar-refractivity contribution < 1.29 is 19.5 Å². The number of nitrogens with one attached hydrogen (secondary N) is 1. The van der Waals surface area contributed by atoms with E-state index < -0.39 is 7.32 Å². The Kier molecular flexibility index (Phi) is 4.21. The average molecular weight is 277 g/mol. The number of amides is 1. The quantitative estimate of drug-likeness (QED) is 0.742. The molecule has 0 spiro atoms. The second-order valence-corrected chi connectivity index (χ2v) is 4.74. The van der Waals surface area contributed by atoms with Crippen molar-refractivity contribution in [1.82, 2.24) is 0 Å². The van der Waals surface area contributed by atoms with Crippen molar-refractivity contribution in [3.8, 4) is 5.75 Å². The summed E-state index contributed by atoms with van der Waals surface area (Å²) >= 11 is 1.35. The van der Waals surface area contributed by atoms with Gasteiger partial charge in [-0.25, -0.2) is 0 Å². The first-order valence-corrected chi connectivity index (χ1v) is 6.43. The first kappa shape index (κ1) is 13.6. The van der Waals surface area contributed by atoms with Gasteiger partial charge in [-0.2, -0.15) is 0 Å². The van der Waals surface area contributed by atoms with Gasteiger partial charge < -0.3 is 20.0 Å². The van der Waals surface area contributed by atoms with Gasteiger partial charge in [0.05, 0.1) is 10.6 Å². The van der Waals surface area contributed by atoms with Crippen LogP contribution in [0.2, 0.25) is 0 Å². The standard InChI is InChI=1S/C12H12BNO4S/c1-8-6-7-19-11(8)12(15)14-9-4-2-3-5-10(9)18-13(16)17/h2-7,16-17H,1H3,(H,14,15). The van der Waals surface area contributed by atoms with Crippen molar-refractivity contribution in [1.29, 1.82) is 0 Å². The molecule has 0 aliphatic heterocycles. The van der Waals surface area contributed by atoms with Gasteiger partial charge in [0.15, 0.2) is 0 Å². The van der Waals surface area contributed by atoms with Crippen molar-refractivity contribution in [2.45, 2.75) is 6.92 Å². The second kappa shape index (κ2) is 5.88. The van der Waals surface area contributed by atoms with E-state index in [9.17, 15) is 4.79 Å². The number of hydrogen-bond donors (Lipinski definition) is 3. The molecule has 0 saturated heterocycles. The molecule has 5 nitrogen and oxygen atoms in total. The van der Waals surface area contributed by atoms with Crippen molar-refractivity contribution in [2.75, 3.05) is 5.32 Å². The van der Waals surface area contributed by atoms with E-state index in [1.807, 2.05) is 18.4 Å². The number of aryl methyl sites for hydroxylation is 1. The minimum atomic E-state index is -1.93. The fraction of sp³-hybridized carbons (Fsp3) is 0.0833. The predicted molar refractivity (Wildman–Crippen MR) is 74.3 cm³/mol. The third kappa shape index (κ3) is 3.34. The smallest absolute Gasteiger partial charge is 0.510 e. The van der Waals surface area contributed by atoms with E-state index in [0.717, 1.165) is 5.56 Å². The SMILES string of the molecule is Cc1ccsc1C(=O)Nc1ccccc1OB(O)O. The molecule has 0 atom stereocenters. The van der Waals surface area contributed by atoms with E-state index >= 15 is 0 Å². The summed E-state index contributed by atoms with van der Waals surface area (Å²) in [6.45, 7) is 1.85. The Balaban J connectivity index is 2.19. The van der Waals surface area contributed by atoms with Crippen molar-refractivity contribution >= 4 is 30.3 Å². The summed E-state index contributed by atoms with van der Waals surface area (Å²) in [5, 5.41) is 22.2. The first-order chi connectivity index (χ1) is 9.08. The summed E-state index contributed by atoms with van der Waals surface area (Å²) in [7, 11) is -1.93. The molecule has 0 radical (unpaired) electrons. The minimum absolute atomic E-state index is 0.194. The Hall–Kier alpha value is -1.83. The van der Waals surface area contributed by atoms with Crippen LogP contribution in [-0.2, 0) is 0 Å². The van der Waals surface area contributed by atoms with Crippen LogP contribution in [-0.4, -0.2) is 23.3 Å². The lowest BCUT2D eigenvalue weighted by atomic mass is 10.2. The molecule has 2 aromatic rings. The zero-order chi connectivity index (χ0) is 13.8. The van der Waals surface area contributed by atoms with Gasteiger partial charge in [-0.05, 0) is 36.1 Å². The number of anilines is 1. The summed E-state index contributed by atoms with van der Waals surface area (Å²) < 4.78 is 4.79. The fourth-order valence-corrected chi connectivity index (χ4v) is 2.39. The number of thiophene rings is 1. The van der Waals surface area contributed by atoms with Crippen LogP contribution in [0.5, 0.6) is 5.75 Å². The van der Waals surface area contributed by atoms with Crippen LogP contribution in [0.15, 0.2) is 35.7 Å². The highest BCUT2D eigenvalue weighted by Gasteiger charge is 2.16.